The van der Waals surface area contributed by atoms with Gasteiger partial charge in [0.25, 0.3) is 0 Å². The van der Waals surface area contributed by atoms with E-state index >= 15 is 0 Å². The van der Waals surface area contributed by atoms with E-state index in [2.05, 4.69) is 22.0 Å². The number of carbonyl (C=O) groups excluding carboxylic acids is 5. The second kappa shape index (κ2) is 16.1. The molecule has 2 aliphatic heterocycles. The Labute approximate surface area is 303 Å². The van der Waals surface area contributed by atoms with Gasteiger partial charge in [0, 0.05) is 24.5 Å². The monoisotopic (exact) mass is 703 g/mol. The lowest BCUT2D eigenvalue weighted by atomic mass is 10.0. The first kappa shape index (κ1) is 36.1. The fraction of sp³-hybridized carbons (Fsp3) is 0.341. The third kappa shape index (κ3) is 8.25. The molecule has 11 heteroatoms. The molecule has 270 valence electrons. The lowest BCUT2D eigenvalue weighted by molar-refractivity contribution is -0.139. The van der Waals surface area contributed by atoms with E-state index in [0.717, 1.165) is 33.9 Å². The Morgan fingerprint density at radius 2 is 1.29 bits per heavy atom. The fourth-order valence-electron chi connectivity index (χ4n) is 7.09. The van der Waals surface area contributed by atoms with Crippen LogP contribution in [-0.2, 0) is 30.3 Å². The summed E-state index contributed by atoms with van der Waals surface area (Å²) in [5, 5.41) is 10.5. The molecule has 2 heterocycles. The zero-order chi connectivity index (χ0) is 36.8. The number of nitrogens with one attached hydrogen (secondary N) is 3. The molecule has 0 saturated carbocycles. The summed E-state index contributed by atoms with van der Waals surface area (Å²) in [5.41, 5.74) is 4.20. The molecule has 0 unspecified atom stereocenters. The number of alkyl carbamates (subject to hydrolysis) is 1. The summed E-state index contributed by atoms with van der Waals surface area (Å²) in [6, 6.07) is 27.1. The van der Waals surface area contributed by atoms with Crippen LogP contribution in [0.15, 0.2) is 91.0 Å². The normalized spacial score (nSPS) is 17.5. The van der Waals surface area contributed by atoms with Crippen molar-refractivity contribution in [1.82, 2.24) is 15.1 Å². The third-order valence-corrected chi connectivity index (χ3v) is 9.90. The van der Waals surface area contributed by atoms with Crippen LogP contribution in [0.4, 0.5) is 16.2 Å². The van der Waals surface area contributed by atoms with Crippen LogP contribution in [-0.4, -0.2) is 77.8 Å². The first-order valence-electron chi connectivity index (χ1n) is 17.9. The number of nitrogens with zero attached hydrogens (tertiary/aromatic N) is 2. The van der Waals surface area contributed by atoms with E-state index in [4.69, 9.17) is 4.74 Å². The van der Waals surface area contributed by atoms with Gasteiger partial charge in [0.1, 0.15) is 18.1 Å². The molecule has 52 heavy (non-hydrogen) atoms. The molecule has 2 fully saturated rings. The molecule has 5 amide bonds. The number of anilines is 2. The standard InChI is InChI=1S/C41H45N5O6/c1-26(2)37(44-41(51)52-3)40(50)46-22-8-12-35(46)39(49)43-33-20-17-30-24-29(13-14-31(30)25-33)28-15-18-32(19-16-28)42-38(48)34-11-7-21-45(34)36(47)23-27-9-5-4-6-10-27/h4-6,9-10,13-20,24-26,34-35,37H,7-8,11-12,21-23H2,1-3H3,(H,42,48)(H,43,49)(H,44,51)/t34-,35-,37-/m0/s1. The van der Waals surface area contributed by atoms with Crippen molar-refractivity contribution in [3.63, 3.8) is 0 Å². The number of hydrogen-bond acceptors (Lipinski definition) is 6. The van der Waals surface area contributed by atoms with Crippen LogP contribution < -0.4 is 16.0 Å². The minimum Gasteiger partial charge on any atom is -0.453 e. The summed E-state index contributed by atoms with van der Waals surface area (Å²) in [4.78, 5) is 68.1. The van der Waals surface area contributed by atoms with Crippen LogP contribution in [0.3, 0.4) is 0 Å². The van der Waals surface area contributed by atoms with Gasteiger partial charge in [-0.05, 0) is 89.4 Å². The number of amides is 5. The van der Waals surface area contributed by atoms with E-state index in [1.165, 1.54) is 7.11 Å². The lowest BCUT2D eigenvalue weighted by Gasteiger charge is -2.30. The zero-order valence-corrected chi connectivity index (χ0v) is 29.8. The van der Waals surface area contributed by atoms with Gasteiger partial charge in [-0.15, -0.1) is 0 Å². The Morgan fingerprint density at radius 3 is 1.96 bits per heavy atom. The molecule has 0 spiro atoms. The van der Waals surface area contributed by atoms with Gasteiger partial charge in [-0.3, -0.25) is 19.2 Å². The van der Waals surface area contributed by atoms with Gasteiger partial charge in [0.05, 0.1) is 13.5 Å². The van der Waals surface area contributed by atoms with E-state index in [1.807, 2.05) is 98.8 Å². The van der Waals surface area contributed by atoms with Crippen LogP contribution >= 0.6 is 0 Å². The van der Waals surface area contributed by atoms with E-state index in [0.29, 0.717) is 43.7 Å². The molecule has 4 aromatic carbocycles. The fourth-order valence-corrected chi connectivity index (χ4v) is 7.09. The maximum atomic E-state index is 13.4. The summed E-state index contributed by atoms with van der Waals surface area (Å²) in [6.07, 6.45) is 2.25. The molecular weight excluding hydrogens is 658 g/mol. The number of rotatable bonds is 10. The quantitative estimate of drug-likeness (QED) is 0.186. The highest BCUT2D eigenvalue weighted by Gasteiger charge is 2.39. The number of methoxy groups -OCH3 is 1. The molecule has 3 atom stereocenters. The second-order valence-corrected chi connectivity index (χ2v) is 13.8. The largest absolute Gasteiger partial charge is 0.453 e. The summed E-state index contributed by atoms with van der Waals surface area (Å²) in [5.74, 6) is -0.969. The number of fused-ring (bicyclic) bond motifs is 1. The Bertz CT molecular complexity index is 1950. The van der Waals surface area contributed by atoms with Gasteiger partial charge in [0.2, 0.25) is 23.6 Å². The smallest absolute Gasteiger partial charge is 0.407 e. The van der Waals surface area contributed by atoms with Crippen molar-refractivity contribution in [3.05, 3.63) is 96.6 Å². The molecule has 0 bridgehead atoms. The Kier molecular flexibility index (Phi) is 11.2. The van der Waals surface area contributed by atoms with Gasteiger partial charge in [-0.2, -0.15) is 0 Å². The minimum absolute atomic E-state index is 0.0383. The number of benzene rings is 4. The lowest BCUT2D eigenvalue weighted by Crippen LogP contribution is -2.54. The van der Waals surface area contributed by atoms with Gasteiger partial charge in [-0.1, -0.05) is 74.5 Å². The van der Waals surface area contributed by atoms with Crippen molar-refractivity contribution >= 4 is 51.9 Å². The molecule has 0 radical (unpaired) electrons. The van der Waals surface area contributed by atoms with Gasteiger partial charge in [-0.25, -0.2) is 4.79 Å². The minimum atomic E-state index is -0.795. The maximum absolute atomic E-state index is 13.4. The van der Waals surface area contributed by atoms with Gasteiger partial charge in [0.15, 0.2) is 0 Å². The average molecular weight is 704 g/mol. The zero-order valence-electron chi connectivity index (χ0n) is 29.8. The SMILES string of the molecule is COC(=O)N[C@H](C(=O)N1CCC[C@H]1C(=O)Nc1ccc2cc(-c3ccc(NC(=O)[C@@H]4CCCN4C(=O)Cc4ccccc4)cc3)ccc2c1)C(C)C. The van der Waals surface area contributed by atoms with Crippen molar-refractivity contribution in [2.24, 2.45) is 5.92 Å². The Balaban J connectivity index is 1.07. The van der Waals surface area contributed by atoms with Gasteiger partial charge < -0.3 is 30.5 Å². The van der Waals surface area contributed by atoms with E-state index in [9.17, 15) is 24.0 Å². The summed E-state index contributed by atoms with van der Waals surface area (Å²) in [7, 11) is 1.25. The van der Waals surface area contributed by atoms with Crippen LogP contribution in [0.25, 0.3) is 21.9 Å². The first-order valence-corrected chi connectivity index (χ1v) is 17.9. The summed E-state index contributed by atoms with van der Waals surface area (Å²) in [6.45, 7) is 4.69. The van der Waals surface area contributed by atoms with Crippen molar-refractivity contribution in [2.75, 3.05) is 30.8 Å². The first-order chi connectivity index (χ1) is 25.1. The van der Waals surface area contributed by atoms with Crippen LogP contribution in [0.2, 0.25) is 0 Å². The van der Waals surface area contributed by atoms with Crippen molar-refractivity contribution < 1.29 is 28.7 Å². The predicted octanol–water partition coefficient (Wildman–Crippen LogP) is 5.99. The Hall–Kier alpha value is -5.71. The maximum Gasteiger partial charge on any atom is 0.407 e. The number of carbonyl (C=O) groups is 5. The summed E-state index contributed by atoms with van der Waals surface area (Å²) < 4.78 is 4.70. The number of hydrogen-bond donors (Lipinski definition) is 3. The molecule has 4 aromatic rings. The van der Waals surface area contributed by atoms with Crippen LogP contribution in [0, 0.1) is 5.92 Å². The number of ether oxygens (including phenoxy) is 1. The molecule has 11 nitrogen and oxygen atoms in total. The molecule has 6 rings (SSSR count). The van der Waals surface area contributed by atoms with Crippen LogP contribution in [0.5, 0.6) is 0 Å². The van der Waals surface area contributed by atoms with E-state index in [-0.39, 0.29) is 36.0 Å². The predicted molar refractivity (Wildman–Crippen MR) is 200 cm³/mol. The third-order valence-electron chi connectivity index (χ3n) is 9.90. The highest BCUT2D eigenvalue weighted by molar-refractivity contribution is 6.01. The molecule has 3 N–H and O–H groups in total. The number of likely N-dealkylation sites (tertiary alicyclic amines) is 2. The molecule has 2 aliphatic rings. The second-order valence-electron chi connectivity index (χ2n) is 13.8. The highest BCUT2D eigenvalue weighted by Crippen LogP contribution is 2.29. The molecule has 2 saturated heterocycles. The highest BCUT2D eigenvalue weighted by atomic mass is 16.5. The van der Waals surface area contributed by atoms with E-state index in [1.54, 1.807) is 9.80 Å². The van der Waals surface area contributed by atoms with Crippen molar-refractivity contribution in [3.8, 4) is 11.1 Å². The van der Waals surface area contributed by atoms with E-state index < -0.39 is 24.2 Å². The van der Waals surface area contributed by atoms with Crippen molar-refractivity contribution in [2.45, 2.75) is 64.1 Å². The van der Waals surface area contributed by atoms with Crippen LogP contribution in [0.1, 0.15) is 45.1 Å². The topological polar surface area (TPSA) is 137 Å². The average Bonchev–Trinajstić information content (AvgIpc) is 3.85. The Morgan fingerprint density at radius 1 is 0.712 bits per heavy atom. The molecule has 0 aliphatic carbocycles. The van der Waals surface area contributed by atoms with Crippen molar-refractivity contribution in [1.29, 1.82) is 0 Å². The van der Waals surface area contributed by atoms with Gasteiger partial charge >= 0.3 is 6.09 Å². The summed E-state index contributed by atoms with van der Waals surface area (Å²) >= 11 is 0. The molecular formula is C41H45N5O6. The molecule has 0 aromatic heterocycles.